The Morgan fingerprint density at radius 2 is 0.583 bits per heavy atom. The molecule has 0 aromatic carbocycles. The van der Waals surface area contributed by atoms with Crippen molar-refractivity contribution in [3.05, 3.63) is 68.6 Å². The van der Waals surface area contributed by atoms with Crippen molar-refractivity contribution in [3.63, 3.8) is 0 Å². The molecule has 0 saturated carbocycles. The summed E-state index contributed by atoms with van der Waals surface area (Å²) in [6, 6.07) is 0. The topological polar surface area (TPSA) is 71.1 Å². The number of allylic oxidation sites excluding steroid dienone is 4. The van der Waals surface area contributed by atoms with E-state index in [0.29, 0.717) is 40.7 Å². The van der Waals surface area contributed by atoms with Gasteiger partial charge in [0.2, 0.25) is 31.9 Å². The molecule has 6 nitrogen and oxygen atoms in total. The summed E-state index contributed by atoms with van der Waals surface area (Å²) in [7, 11) is 0. The number of ether oxygens (including phenoxy) is 4. The Hall–Kier alpha value is 3.58. The summed E-state index contributed by atoms with van der Waals surface area (Å²) in [4.78, 5) is 22.8. The van der Waals surface area contributed by atoms with Crippen LogP contribution in [0.1, 0.15) is 0 Å². The molecular weight excluding hydrogens is 1300 g/mol. The predicted octanol–water partition coefficient (Wildman–Crippen LogP) is 13.0. The first kappa shape index (κ1) is 39.8. The molecule has 48 heavy (non-hydrogen) atoms. The van der Waals surface area contributed by atoms with Gasteiger partial charge in [-0.2, -0.15) is 0 Å². The molecule has 9 aliphatic rings. The molecule has 0 fully saturated rings. The summed E-state index contributed by atoms with van der Waals surface area (Å²) in [5.41, 5.74) is 0. The zero-order valence-corrected chi connectivity index (χ0v) is 41.9. The van der Waals surface area contributed by atoms with E-state index >= 15 is 0 Å². The second-order valence-electron chi connectivity index (χ2n) is 8.97. The smallest absolute Gasteiger partial charge is 0.208 e. The van der Waals surface area contributed by atoms with Gasteiger partial charge in [-0.05, 0) is 137 Å². The number of ketones is 2. The van der Waals surface area contributed by atoms with Crippen molar-refractivity contribution in [1.82, 2.24) is 0 Å². The highest BCUT2D eigenvalue weighted by atomic mass is 127. The van der Waals surface area contributed by atoms with Crippen molar-refractivity contribution < 1.29 is 28.5 Å². The SMILES string of the molecule is C1COC2=C(O1)SC(=C1SC3=C(SCCS3)S1)S2.C1COC2=C(O1)SC(=C1SC3=C(SCCS3)S1)S2.O=C1C(I)=C(I)C(=O)C(I)=C1I. The molecule has 9 rings (SSSR count). The minimum absolute atomic E-state index is 0.0374. The van der Waals surface area contributed by atoms with Crippen LogP contribution in [-0.4, -0.2) is 61.0 Å². The van der Waals surface area contributed by atoms with Crippen LogP contribution < -0.4 is 0 Å². The van der Waals surface area contributed by atoms with E-state index in [1.165, 1.54) is 56.9 Å². The number of carbonyl (C=O) groups excluding carboxylic acids is 2. The summed E-state index contributed by atoms with van der Waals surface area (Å²) in [6.45, 7) is 2.71. The minimum Gasteiger partial charge on any atom is -0.480 e. The number of halogens is 4. The molecule has 0 radical (unpaired) electrons. The molecule has 22 heteroatoms. The standard InChI is InChI=1S/2C10H8O2S6.C6I4O2/c2*1-2-12-6-5(11-1)15-9(16-6)10-17-7-8(18-10)14-4-3-13-7;7-1-2(8)6(12)4(10)3(9)5(1)11/h2*1-4H2;. The molecule has 0 amide bonds. The second-order valence-corrected chi connectivity index (χ2v) is 27.8. The third-order valence-electron chi connectivity index (χ3n) is 5.86. The van der Waals surface area contributed by atoms with E-state index in [1.807, 2.05) is 184 Å². The number of carbonyl (C=O) groups is 2. The first-order valence-corrected chi connectivity index (χ1v) is 28.2. The van der Waals surface area contributed by atoms with Crippen LogP contribution in [0.3, 0.4) is 0 Å². The van der Waals surface area contributed by atoms with Gasteiger partial charge >= 0.3 is 0 Å². The summed E-state index contributed by atoms with van der Waals surface area (Å²) >= 11 is 30.2. The molecule has 0 aromatic heterocycles. The van der Waals surface area contributed by atoms with Crippen molar-refractivity contribution in [2.45, 2.75) is 0 Å². The van der Waals surface area contributed by atoms with Gasteiger partial charge in [0.15, 0.2) is 0 Å². The number of thioether (sulfide) groups is 12. The molecule has 0 unspecified atom stereocenters. The molecule has 8 aliphatic heterocycles. The fourth-order valence-corrected chi connectivity index (χ4v) is 24.0. The third-order valence-corrected chi connectivity index (χ3v) is 29.4. The summed E-state index contributed by atoms with van der Waals surface area (Å²) in [6.07, 6.45) is 0. The molecule has 0 saturated heterocycles. The molecule has 0 spiro atoms. The lowest BCUT2D eigenvalue weighted by Gasteiger charge is -2.13. The number of rotatable bonds is 0. The maximum Gasteiger partial charge on any atom is 0.208 e. The van der Waals surface area contributed by atoms with Gasteiger partial charge in [0.1, 0.15) is 26.4 Å². The van der Waals surface area contributed by atoms with E-state index in [-0.39, 0.29) is 11.6 Å². The van der Waals surface area contributed by atoms with Crippen molar-refractivity contribution in [2.75, 3.05) is 49.4 Å². The average Bonchev–Trinajstić information content (AvgIpc) is 3.92. The monoisotopic (exact) mass is 1320 g/mol. The molecule has 0 aromatic rings. The minimum atomic E-state index is -0.0374. The van der Waals surface area contributed by atoms with E-state index in [4.69, 9.17) is 18.9 Å². The van der Waals surface area contributed by atoms with Crippen molar-refractivity contribution >= 4 is 243 Å². The summed E-state index contributed by atoms with van der Waals surface area (Å²) in [5.74, 6) is 4.87. The van der Waals surface area contributed by atoms with Crippen LogP contribution in [-0.2, 0) is 28.5 Å². The van der Waals surface area contributed by atoms with Crippen LogP contribution in [0.15, 0.2) is 68.6 Å². The van der Waals surface area contributed by atoms with Crippen LogP contribution in [0.4, 0.5) is 0 Å². The number of Topliss-reactive ketones (excluding diaryl/α,β-unsaturated/α-hetero) is 2. The Labute approximate surface area is 383 Å². The van der Waals surface area contributed by atoms with Gasteiger partial charge in [-0.1, -0.05) is 47.0 Å². The Bertz CT molecular complexity index is 1410. The zero-order chi connectivity index (χ0) is 33.4. The largest absolute Gasteiger partial charge is 0.480 e. The van der Waals surface area contributed by atoms with E-state index < -0.39 is 0 Å². The molecule has 0 atom stereocenters. The van der Waals surface area contributed by atoms with Crippen LogP contribution in [0.25, 0.3) is 0 Å². The van der Waals surface area contributed by atoms with Gasteiger partial charge in [-0.15, -0.1) is 47.0 Å². The normalized spacial score (nSPS) is 25.2. The predicted molar refractivity (Wildman–Crippen MR) is 257 cm³/mol. The first-order chi connectivity index (χ1) is 23.3. The van der Waals surface area contributed by atoms with Crippen LogP contribution in [0.2, 0.25) is 0 Å². The van der Waals surface area contributed by atoms with Crippen molar-refractivity contribution in [2.24, 2.45) is 0 Å². The average molecular weight is 1320 g/mol. The van der Waals surface area contributed by atoms with E-state index in [1.54, 1.807) is 47.0 Å². The van der Waals surface area contributed by atoms with E-state index in [0.717, 1.165) is 20.4 Å². The second kappa shape index (κ2) is 18.7. The van der Waals surface area contributed by atoms with E-state index in [2.05, 4.69) is 0 Å². The molecule has 1 aliphatic carbocycles. The Balaban J connectivity index is 0.000000117. The number of hydrogen-bond donors (Lipinski definition) is 0. The first-order valence-electron chi connectivity index (χ1n) is 13.4. The van der Waals surface area contributed by atoms with Gasteiger partial charge in [-0.25, -0.2) is 0 Å². The van der Waals surface area contributed by atoms with E-state index in [9.17, 15) is 9.59 Å². The highest BCUT2D eigenvalue weighted by Crippen LogP contribution is 2.66. The van der Waals surface area contributed by atoms with Gasteiger partial charge < -0.3 is 18.9 Å². The van der Waals surface area contributed by atoms with Crippen LogP contribution in [0, 0.1) is 0 Å². The fourth-order valence-electron chi connectivity index (χ4n) is 3.80. The summed E-state index contributed by atoms with van der Waals surface area (Å²) in [5, 5.41) is 3.83. The Kier molecular flexibility index (Phi) is 15.5. The lowest BCUT2D eigenvalue weighted by molar-refractivity contribution is -0.114. The fraction of sp³-hybridized carbons (Fsp3) is 0.308. The lowest BCUT2D eigenvalue weighted by atomic mass is 10.2. The maximum absolute atomic E-state index is 11.4. The van der Waals surface area contributed by atoms with Gasteiger partial charge in [0.05, 0.1) is 48.2 Å². The van der Waals surface area contributed by atoms with Crippen molar-refractivity contribution in [1.29, 1.82) is 0 Å². The Morgan fingerprint density at radius 1 is 0.354 bits per heavy atom. The third kappa shape index (κ3) is 9.40. The molecular formula is C26H16I4O6S12. The Morgan fingerprint density at radius 3 is 0.833 bits per heavy atom. The van der Waals surface area contributed by atoms with Gasteiger partial charge in [0.25, 0.3) is 0 Å². The van der Waals surface area contributed by atoms with Crippen LogP contribution in [0.5, 0.6) is 0 Å². The maximum atomic E-state index is 11.4. The van der Waals surface area contributed by atoms with Gasteiger partial charge in [0, 0.05) is 23.0 Å². The number of hydrogen-bond acceptors (Lipinski definition) is 18. The highest BCUT2D eigenvalue weighted by molar-refractivity contribution is 14.1. The zero-order valence-electron chi connectivity index (χ0n) is 23.5. The van der Waals surface area contributed by atoms with Crippen LogP contribution >= 0.6 is 232 Å². The molecule has 8 heterocycles. The quantitative estimate of drug-likeness (QED) is 0.171. The lowest BCUT2D eigenvalue weighted by Crippen LogP contribution is -2.13. The van der Waals surface area contributed by atoms with Crippen molar-refractivity contribution in [3.8, 4) is 0 Å². The summed E-state index contributed by atoms with van der Waals surface area (Å²) < 4.78 is 36.1. The highest BCUT2D eigenvalue weighted by Gasteiger charge is 2.36. The molecule has 256 valence electrons. The molecule has 0 bridgehead atoms. The molecule has 0 N–H and O–H groups in total. The van der Waals surface area contributed by atoms with Gasteiger partial charge in [-0.3, -0.25) is 9.59 Å².